The van der Waals surface area contributed by atoms with Crippen LogP contribution >= 0.6 is 0 Å². The van der Waals surface area contributed by atoms with Gasteiger partial charge in [0.1, 0.15) is 17.2 Å². The molecule has 0 spiro atoms. The molecule has 0 heterocycles. The lowest BCUT2D eigenvalue weighted by atomic mass is 9.86. The quantitative estimate of drug-likeness (QED) is 0.913. The minimum Gasteiger partial charge on any atom is -0.497 e. The van der Waals surface area contributed by atoms with Crippen molar-refractivity contribution in [1.29, 1.82) is 0 Å². The minimum atomic E-state index is 0.0122. The maximum atomic E-state index is 6.14. The van der Waals surface area contributed by atoms with Crippen molar-refractivity contribution in [3.05, 3.63) is 53.6 Å². The largest absolute Gasteiger partial charge is 0.497 e. The van der Waals surface area contributed by atoms with Crippen LogP contribution in [0.3, 0.4) is 0 Å². The molecule has 0 saturated carbocycles. The SMILES string of the molecule is COc1ccc(CN)c(Oc2ccccc2C(C)(C)C)c1. The molecule has 0 aromatic heterocycles. The zero-order valence-electron chi connectivity index (χ0n) is 13.1. The maximum absolute atomic E-state index is 6.14. The van der Waals surface area contributed by atoms with Crippen LogP contribution in [0.4, 0.5) is 0 Å². The van der Waals surface area contributed by atoms with Crippen LogP contribution in [0.5, 0.6) is 17.2 Å². The summed E-state index contributed by atoms with van der Waals surface area (Å²) in [5.74, 6) is 2.36. The van der Waals surface area contributed by atoms with E-state index >= 15 is 0 Å². The topological polar surface area (TPSA) is 44.5 Å². The molecular formula is C18H23NO2. The number of para-hydroxylation sites is 1. The lowest BCUT2D eigenvalue weighted by molar-refractivity contribution is 0.406. The van der Waals surface area contributed by atoms with Crippen molar-refractivity contribution in [1.82, 2.24) is 0 Å². The summed E-state index contributed by atoms with van der Waals surface area (Å²) in [6, 6.07) is 13.8. The lowest BCUT2D eigenvalue weighted by Crippen LogP contribution is -2.12. The van der Waals surface area contributed by atoms with E-state index in [1.165, 1.54) is 0 Å². The molecule has 0 aliphatic rings. The Bertz CT molecular complexity index is 615. The first-order valence-electron chi connectivity index (χ1n) is 7.10. The van der Waals surface area contributed by atoms with Gasteiger partial charge < -0.3 is 15.2 Å². The fourth-order valence-electron chi connectivity index (χ4n) is 2.22. The molecule has 0 aliphatic carbocycles. The molecule has 2 aromatic rings. The van der Waals surface area contributed by atoms with Crippen molar-refractivity contribution in [3.63, 3.8) is 0 Å². The number of benzene rings is 2. The Morgan fingerprint density at radius 2 is 1.71 bits per heavy atom. The van der Waals surface area contributed by atoms with Gasteiger partial charge in [0.15, 0.2) is 0 Å². The highest BCUT2D eigenvalue weighted by Crippen LogP contribution is 2.36. The number of hydrogen-bond acceptors (Lipinski definition) is 3. The third-order valence-electron chi connectivity index (χ3n) is 3.41. The number of methoxy groups -OCH3 is 1. The summed E-state index contributed by atoms with van der Waals surface area (Å²) in [4.78, 5) is 0. The van der Waals surface area contributed by atoms with Crippen LogP contribution < -0.4 is 15.2 Å². The summed E-state index contributed by atoms with van der Waals surface area (Å²) < 4.78 is 11.4. The fraction of sp³-hybridized carbons (Fsp3) is 0.333. The van der Waals surface area contributed by atoms with E-state index in [4.69, 9.17) is 15.2 Å². The van der Waals surface area contributed by atoms with E-state index in [0.29, 0.717) is 6.54 Å². The van der Waals surface area contributed by atoms with Crippen molar-refractivity contribution < 1.29 is 9.47 Å². The summed E-state index contributed by atoms with van der Waals surface area (Å²) in [5.41, 5.74) is 7.93. The molecule has 112 valence electrons. The van der Waals surface area contributed by atoms with E-state index in [2.05, 4.69) is 26.8 Å². The van der Waals surface area contributed by atoms with E-state index in [1.807, 2.05) is 36.4 Å². The predicted octanol–water partition coefficient (Wildman–Crippen LogP) is 4.24. The molecule has 2 N–H and O–H groups in total. The van der Waals surface area contributed by atoms with Crippen molar-refractivity contribution in [2.45, 2.75) is 32.7 Å². The van der Waals surface area contributed by atoms with Gasteiger partial charge in [-0.25, -0.2) is 0 Å². The summed E-state index contributed by atoms with van der Waals surface area (Å²) in [6.07, 6.45) is 0. The van der Waals surface area contributed by atoms with Crippen molar-refractivity contribution >= 4 is 0 Å². The monoisotopic (exact) mass is 285 g/mol. The van der Waals surface area contributed by atoms with Crippen LogP contribution in [0.25, 0.3) is 0 Å². The highest BCUT2D eigenvalue weighted by Gasteiger charge is 2.19. The molecule has 0 saturated heterocycles. The second-order valence-electron chi connectivity index (χ2n) is 6.03. The molecule has 21 heavy (non-hydrogen) atoms. The van der Waals surface area contributed by atoms with E-state index in [-0.39, 0.29) is 5.41 Å². The molecule has 3 heteroatoms. The zero-order valence-corrected chi connectivity index (χ0v) is 13.1. The third kappa shape index (κ3) is 3.56. The smallest absolute Gasteiger partial charge is 0.135 e. The Labute approximate surface area is 126 Å². The average Bonchev–Trinajstić information content (AvgIpc) is 2.46. The molecule has 0 aliphatic heterocycles. The predicted molar refractivity (Wildman–Crippen MR) is 86.1 cm³/mol. The van der Waals surface area contributed by atoms with Gasteiger partial charge >= 0.3 is 0 Å². The van der Waals surface area contributed by atoms with Gasteiger partial charge in [0.05, 0.1) is 7.11 Å². The number of hydrogen-bond donors (Lipinski definition) is 1. The van der Waals surface area contributed by atoms with Gasteiger partial charge in [0, 0.05) is 23.7 Å². The number of nitrogens with two attached hydrogens (primary N) is 1. The van der Waals surface area contributed by atoms with Gasteiger partial charge in [-0.2, -0.15) is 0 Å². The van der Waals surface area contributed by atoms with E-state index in [9.17, 15) is 0 Å². The molecule has 3 nitrogen and oxygen atoms in total. The standard InChI is InChI=1S/C18H23NO2/c1-18(2,3)15-7-5-6-8-16(15)21-17-11-14(20-4)10-9-13(17)12-19/h5-11H,12,19H2,1-4H3. The average molecular weight is 285 g/mol. The van der Waals surface area contributed by atoms with Crippen LogP contribution in [-0.2, 0) is 12.0 Å². The van der Waals surface area contributed by atoms with Gasteiger partial charge in [-0.3, -0.25) is 0 Å². The molecular weight excluding hydrogens is 262 g/mol. The van der Waals surface area contributed by atoms with Crippen LogP contribution in [0.15, 0.2) is 42.5 Å². The summed E-state index contributed by atoms with van der Waals surface area (Å²) >= 11 is 0. The third-order valence-corrected chi connectivity index (χ3v) is 3.41. The van der Waals surface area contributed by atoms with Crippen LogP contribution in [0, 0.1) is 0 Å². The van der Waals surface area contributed by atoms with Gasteiger partial charge in [-0.1, -0.05) is 45.0 Å². The molecule has 0 unspecified atom stereocenters. The van der Waals surface area contributed by atoms with Crippen molar-refractivity contribution in [2.75, 3.05) is 7.11 Å². The fourth-order valence-corrected chi connectivity index (χ4v) is 2.22. The first-order valence-corrected chi connectivity index (χ1v) is 7.10. The first-order chi connectivity index (χ1) is 9.95. The van der Waals surface area contributed by atoms with Gasteiger partial charge in [0.2, 0.25) is 0 Å². The zero-order chi connectivity index (χ0) is 15.5. The second-order valence-corrected chi connectivity index (χ2v) is 6.03. The first kappa shape index (κ1) is 15.4. The summed E-state index contributed by atoms with van der Waals surface area (Å²) in [5, 5.41) is 0. The number of rotatable bonds is 4. The lowest BCUT2D eigenvalue weighted by Gasteiger charge is -2.23. The Morgan fingerprint density at radius 3 is 2.33 bits per heavy atom. The van der Waals surface area contributed by atoms with Gasteiger partial charge in [0.25, 0.3) is 0 Å². The minimum absolute atomic E-state index is 0.0122. The van der Waals surface area contributed by atoms with E-state index < -0.39 is 0 Å². The van der Waals surface area contributed by atoms with Crippen molar-refractivity contribution in [2.24, 2.45) is 5.73 Å². The van der Waals surface area contributed by atoms with E-state index in [1.54, 1.807) is 7.11 Å². The van der Waals surface area contributed by atoms with Gasteiger partial charge in [-0.05, 0) is 17.5 Å². The maximum Gasteiger partial charge on any atom is 0.135 e. The van der Waals surface area contributed by atoms with Crippen LogP contribution in [0.2, 0.25) is 0 Å². The van der Waals surface area contributed by atoms with Gasteiger partial charge in [-0.15, -0.1) is 0 Å². The summed E-state index contributed by atoms with van der Waals surface area (Å²) in [7, 11) is 1.64. The number of ether oxygens (including phenoxy) is 2. The molecule has 0 fully saturated rings. The van der Waals surface area contributed by atoms with E-state index in [0.717, 1.165) is 28.4 Å². The Hall–Kier alpha value is -2.00. The Morgan fingerprint density at radius 1 is 1.00 bits per heavy atom. The molecule has 0 bridgehead atoms. The highest BCUT2D eigenvalue weighted by atomic mass is 16.5. The van der Waals surface area contributed by atoms with Crippen LogP contribution in [0.1, 0.15) is 31.9 Å². The Kier molecular flexibility index (Phi) is 4.53. The Balaban J connectivity index is 2.43. The highest BCUT2D eigenvalue weighted by molar-refractivity contribution is 5.46. The second kappa shape index (κ2) is 6.19. The van der Waals surface area contributed by atoms with Crippen molar-refractivity contribution in [3.8, 4) is 17.2 Å². The summed E-state index contributed by atoms with van der Waals surface area (Å²) in [6.45, 7) is 6.94. The molecule has 0 atom stereocenters. The normalized spacial score (nSPS) is 11.3. The molecule has 2 rings (SSSR count). The molecule has 0 amide bonds. The van der Waals surface area contributed by atoms with Crippen LogP contribution in [-0.4, -0.2) is 7.11 Å². The molecule has 2 aromatic carbocycles. The molecule has 0 radical (unpaired) electrons.